The van der Waals surface area contributed by atoms with Gasteiger partial charge >= 0.3 is 5.97 Å². The van der Waals surface area contributed by atoms with Crippen LogP contribution in [0.2, 0.25) is 0 Å². The summed E-state index contributed by atoms with van der Waals surface area (Å²) in [4.78, 5) is 14.1. The van der Waals surface area contributed by atoms with Crippen molar-refractivity contribution in [1.82, 2.24) is 0 Å². The molecule has 0 aliphatic carbocycles. The summed E-state index contributed by atoms with van der Waals surface area (Å²) in [6.07, 6.45) is 0. The third kappa shape index (κ3) is 1.63. The maximum Gasteiger partial charge on any atom is 0.329 e. The fraction of sp³-hybridized carbons (Fsp3) is 0.600. The highest BCUT2D eigenvalue weighted by molar-refractivity contribution is 8.00. The van der Waals surface area contributed by atoms with Crippen molar-refractivity contribution < 1.29 is 9.90 Å². The summed E-state index contributed by atoms with van der Waals surface area (Å²) in [5.74, 6) is 0.735. The van der Waals surface area contributed by atoms with Crippen molar-refractivity contribution in [3.05, 3.63) is 0 Å². The lowest BCUT2D eigenvalue weighted by molar-refractivity contribution is -0.137. The number of amidine groups is 1. The van der Waals surface area contributed by atoms with E-state index in [9.17, 15) is 4.79 Å². The van der Waals surface area contributed by atoms with E-state index in [0.717, 1.165) is 0 Å². The standard InChI is InChI=1S/C5H8N2O2S/c6-4-2-10-1-3(7-4)5(8)9/h3H,1-2H2,(H2,6,7)(H,8,9). The minimum Gasteiger partial charge on any atom is -0.480 e. The topological polar surface area (TPSA) is 75.7 Å². The van der Waals surface area contributed by atoms with Gasteiger partial charge in [0.2, 0.25) is 0 Å². The summed E-state index contributed by atoms with van der Waals surface area (Å²) in [6, 6.07) is -0.626. The quantitative estimate of drug-likeness (QED) is 0.544. The van der Waals surface area contributed by atoms with Gasteiger partial charge in [-0.15, -0.1) is 0 Å². The van der Waals surface area contributed by atoms with Crippen molar-refractivity contribution >= 4 is 23.6 Å². The first kappa shape index (κ1) is 7.40. The molecular weight excluding hydrogens is 152 g/mol. The van der Waals surface area contributed by atoms with E-state index in [2.05, 4.69) is 4.99 Å². The van der Waals surface area contributed by atoms with E-state index in [0.29, 0.717) is 17.3 Å². The molecule has 0 aromatic heterocycles. The van der Waals surface area contributed by atoms with E-state index in [1.807, 2.05) is 0 Å². The second kappa shape index (κ2) is 2.92. The maximum atomic E-state index is 10.3. The molecule has 0 spiro atoms. The second-order valence-electron chi connectivity index (χ2n) is 1.99. The van der Waals surface area contributed by atoms with E-state index in [-0.39, 0.29) is 0 Å². The molecule has 0 saturated carbocycles. The number of aliphatic imine (C=N–C) groups is 1. The van der Waals surface area contributed by atoms with Crippen molar-refractivity contribution in [3.63, 3.8) is 0 Å². The molecule has 1 atom stereocenters. The van der Waals surface area contributed by atoms with Crippen LogP contribution in [0.25, 0.3) is 0 Å². The van der Waals surface area contributed by atoms with Crippen LogP contribution in [0.4, 0.5) is 0 Å². The van der Waals surface area contributed by atoms with Gasteiger partial charge in [0.1, 0.15) is 5.84 Å². The van der Waals surface area contributed by atoms with Crippen molar-refractivity contribution in [2.45, 2.75) is 6.04 Å². The van der Waals surface area contributed by atoms with Gasteiger partial charge < -0.3 is 10.8 Å². The molecule has 4 nitrogen and oxygen atoms in total. The van der Waals surface area contributed by atoms with Gasteiger partial charge in [-0.05, 0) is 0 Å². The largest absolute Gasteiger partial charge is 0.480 e. The van der Waals surface area contributed by atoms with E-state index < -0.39 is 12.0 Å². The molecule has 0 aromatic carbocycles. The minimum absolute atomic E-state index is 0.434. The number of carboxylic acid groups (broad SMARTS) is 1. The van der Waals surface area contributed by atoms with Gasteiger partial charge in [0, 0.05) is 5.75 Å². The molecule has 1 aliphatic heterocycles. The van der Waals surface area contributed by atoms with Crippen molar-refractivity contribution in [2.75, 3.05) is 11.5 Å². The lowest BCUT2D eigenvalue weighted by atomic mass is 10.3. The van der Waals surface area contributed by atoms with Gasteiger partial charge in [-0.25, -0.2) is 4.79 Å². The van der Waals surface area contributed by atoms with Crippen LogP contribution in [0, 0.1) is 0 Å². The van der Waals surface area contributed by atoms with E-state index >= 15 is 0 Å². The van der Waals surface area contributed by atoms with Gasteiger partial charge in [0.25, 0.3) is 0 Å². The maximum absolute atomic E-state index is 10.3. The van der Waals surface area contributed by atoms with E-state index in [1.54, 1.807) is 0 Å². The Kier molecular flexibility index (Phi) is 2.16. The van der Waals surface area contributed by atoms with Gasteiger partial charge in [-0.2, -0.15) is 11.8 Å². The Hall–Kier alpha value is -0.710. The van der Waals surface area contributed by atoms with Crippen LogP contribution in [-0.2, 0) is 4.79 Å². The Morgan fingerprint density at radius 3 is 3.00 bits per heavy atom. The first-order valence-corrected chi connectivity index (χ1v) is 3.98. The van der Waals surface area contributed by atoms with Crippen LogP contribution >= 0.6 is 11.8 Å². The molecule has 10 heavy (non-hydrogen) atoms. The second-order valence-corrected chi connectivity index (χ2v) is 3.02. The molecule has 1 heterocycles. The highest BCUT2D eigenvalue weighted by atomic mass is 32.2. The average Bonchev–Trinajstić information content (AvgIpc) is 1.88. The molecule has 1 aliphatic rings. The van der Waals surface area contributed by atoms with Crippen LogP contribution in [0.5, 0.6) is 0 Å². The molecule has 5 heteroatoms. The number of thioether (sulfide) groups is 1. The van der Waals surface area contributed by atoms with Crippen LogP contribution in [0.3, 0.4) is 0 Å². The van der Waals surface area contributed by atoms with Crippen LogP contribution in [0.1, 0.15) is 0 Å². The highest BCUT2D eigenvalue weighted by Crippen LogP contribution is 2.11. The number of hydrogen-bond acceptors (Lipinski definition) is 4. The summed E-state index contributed by atoms with van der Waals surface area (Å²) >= 11 is 1.50. The summed E-state index contributed by atoms with van der Waals surface area (Å²) in [7, 11) is 0. The lowest BCUT2D eigenvalue weighted by Crippen LogP contribution is -2.30. The number of aliphatic carboxylic acids is 1. The number of carboxylic acids is 1. The Labute approximate surface area is 62.5 Å². The Morgan fingerprint density at radius 1 is 1.90 bits per heavy atom. The number of carbonyl (C=O) groups is 1. The lowest BCUT2D eigenvalue weighted by Gasteiger charge is -2.13. The Morgan fingerprint density at radius 2 is 2.60 bits per heavy atom. The van der Waals surface area contributed by atoms with Gasteiger partial charge in [0.15, 0.2) is 6.04 Å². The van der Waals surface area contributed by atoms with Gasteiger partial charge in [-0.3, -0.25) is 4.99 Å². The highest BCUT2D eigenvalue weighted by Gasteiger charge is 2.19. The fourth-order valence-corrected chi connectivity index (χ4v) is 1.52. The van der Waals surface area contributed by atoms with Crippen LogP contribution < -0.4 is 5.73 Å². The molecule has 0 fully saturated rings. The zero-order valence-electron chi connectivity index (χ0n) is 5.28. The van der Waals surface area contributed by atoms with E-state index in [4.69, 9.17) is 10.8 Å². The smallest absolute Gasteiger partial charge is 0.329 e. The Balaban J connectivity index is 2.62. The molecular formula is C5H8N2O2S. The molecule has 0 saturated heterocycles. The monoisotopic (exact) mass is 160 g/mol. The fourth-order valence-electron chi connectivity index (χ4n) is 0.676. The molecule has 1 unspecified atom stereocenters. The molecule has 0 aromatic rings. The third-order valence-corrected chi connectivity index (χ3v) is 2.18. The normalized spacial score (nSPS) is 25.6. The van der Waals surface area contributed by atoms with Crippen LogP contribution in [-0.4, -0.2) is 34.5 Å². The average molecular weight is 160 g/mol. The summed E-state index contributed by atoms with van der Waals surface area (Å²) in [6.45, 7) is 0. The zero-order valence-corrected chi connectivity index (χ0v) is 6.10. The summed E-state index contributed by atoms with van der Waals surface area (Å²) < 4.78 is 0. The Bertz CT molecular complexity index is 180. The molecule has 0 bridgehead atoms. The minimum atomic E-state index is -0.893. The number of hydrogen-bond donors (Lipinski definition) is 2. The van der Waals surface area contributed by atoms with Gasteiger partial charge in [-0.1, -0.05) is 0 Å². The predicted octanol–water partition coefficient (Wildman–Crippen LogP) is -0.456. The summed E-state index contributed by atoms with van der Waals surface area (Å²) in [5, 5.41) is 8.48. The third-order valence-electron chi connectivity index (χ3n) is 1.13. The van der Waals surface area contributed by atoms with Crippen LogP contribution in [0.15, 0.2) is 4.99 Å². The van der Waals surface area contributed by atoms with Crippen molar-refractivity contribution in [3.8, 4) is 0 Å². The molecule has 0 amide bonds. The molecule has 1 rings (SSSR count). The van der Waals surface area contributed by atoms with Crippen molar-refractivity contribution in [1.29, 1.82) is 0 Å². The number of rotatable bonds is 1. The SMILES string of the molecule is NC1=NC(C(=O)O)CSC1. The predicted molar refractivity (Wildman–Crippen MR) is 40.4 cm³/mol. The molecule has 0 radical (unpaired) electrons. The first-order valence-electron chi connectivity index (χ1n) is 2.83. The zero-order chi connectivity index (χ0) is 7.56. The first-order chi connectivity index (χ1) is 4.70. The van der Waals surface area contributed by atoms with Gasteiger partial charge in [0.05, 0.1) is 5.75 Å². The molecule has 56 valence electrons. The number of nitrogens with two attached hydrogens (primary N) is 1. The van der Waals surface area contributed by atoms with E-state index in [1.165, 1.54) is 11.8 Å². The van der Waals surface area contributed by atoms with Crippen molar-refractivity contribution in [2.24, 2.45) is 10.7 Å². The molecule has 3 N–H and O–H groups in total. The number of nitrogens with zero attached hydrogens (tertiary/aromatic N) is 1. The summed E-state index contributed by atoms with van der Waals surface area (Å²) in [5.41, 5.74) is 5.33.